The predicted octanol–water partition coefficient (Wildman–Crippen LogP) is 4.43. The minimum absolute atomic E-state index is 0. The van der Waals surface area contributed by atoms with Crippen molar-refractivity contribution in [3.8, 4) is 0 Å². The maximum absolute atomic E-state index is 12.2. The van der Waals surface area contributed by atoms with Crippen molar-refractivity contribution < 1.29 is 9.90 Å². The number of aliphatic hydroxyl groups excluding tert-OH is 1. The lowest BCUT2D eigenvalue weighted by Gasteiger charge is -2.37. The van der Waals surface area contributed by atoms with E-state index in [0.29, 0.717) is 6.54 Å². The number of guanidine groups is 1. The Labute approximate surface area is 204 Å². The van der Waals surface area contributed by atoms with Gasteiger partial charge >= 0.3 is 0 Å². The molecular formula is C24H39IN4O2. The van der Waals surface area contributed by atoms with E-state index in [1.807, 2.05) is 24.3 Å². The summed E-state index contributed by atoms with van der Waals surface area (Å²) in [5.41, 5.74) is 2.09. The third-order valence-electron chi connectivity index (χ3n) is 6.62. The van der Waals surface area contributed by atoms with Crippen LogP contribution in [0.25, 0.3) is 0 Å². The van der Waals surface area contributed by atoms with Crippen molar-refractivity contribution in [2.24, 2.45) is 16.3 Å². The minimum Gasteiger partial charge on any atom is -0.396 e. The molecule has 0 heterocycles. The third-order valence-corrected chi connectivity index (χ3v) is 6.62. The SMILES string of the molecule is CCNC(=NCc1cccc(NC(=O)C2CCC2)c1)NCC1(CCO)CCCCC1.I. The number of carbonyl (C=O) groups is 1. The predicted molar refractivity (Wildman–Crippen MR) is 138 cm³/mol. The van der Waals surface area contributed by atoms with Crippen LogP contribution in [0, 0.1) is 11.3 Å². The summed E-state index contributed by atoms with van der Waals surface area (Å²) in [6, 6.07) is 7.97. The standard InChI is InChI=1S/C24H38N4O2.HI/c1-2-25-23(27-18-24(14-15-29)12-4-3-5-13-24)26-17-19-8-6-11-21(16-19)28-22(30)20-9-7-10-20;/h6,8,11,16,20,29H,2-5,7,9-10,12-15,17-18H2,1H3,(H,28,30)(H2,25,26,27);1H. The molecule has 1 amide bonds. The highest BCUT2D eigenvalue weighted by Crippen LogP contribution is 2.38. The molecule has 0 aliphatic heterocycles. The van der Waals surface area contributed by atoms with Crippen molar-refractivity contribution in [1.82, 2.24) is 10.6 Å². The molecule has 0 bridgehead atoms. The number of anilines is 1. The lowest BCUT2D eigenvalue weighted by molar-refractivity contribution is -0.122. The quantitative estimate of drug-likeness (QED) is 0.211. The molecule has 174 valence electrons. The number of aliphatic hydroxyl groups is 1. The van der Waals surface area contributed by atoms with Crippen LogP contribution in [0.2, 0.25) is 0 Å². The average molecular weight is 543 g/mol. The van der Waals surface area contributed by atoms with Gasteiger partial charge in [-0.15, -0.1) is 24.0 Å². The van der Waals surface area contributed by atoms with Crippen molar-refractivity contribution in [2.75, 3.05) is 25.0 Å². The fourth-order valence-electron chi connectivity index (χ4n) is 4.50. The molecule has 31 heavy (non-hydrogen) atoms. The Bertz CT molecular complexity index is 710. The number of nitrogens with one attached hydrogen (secondary N) is 3. The summed E-state index contributed by atoms with van der Waals surface area (Å²) < 4.78 is 0. The third kappa shape index (κ3) is 7.93. The molecule has 2 saturated carbocycles. The molecule has 0 aromatic heterocycles. The van der Waals surface area contributed by atoms with E-state index in [-0.39, 0.29) is 47.8 Å². The van der Waals surface area contributed by atoms with Gasteiger partial charge in [0, 0.05) is 31.3 Å². The van der Waals surface area contributed by atoms with Gasteiger partial charge in [-0.05, 0) is 62.1 Å². The van der Waals surface area contributed by atoms with Crippen LogP contribution in [0.4, 0.5) is 5.69 Å². The summed E-state index contributed by atoms with van der Waals surface area (Å²) in [6.45, 7) is 4.51. The summed E-state index contributed by atoms with van der Waals surface area (Å²) in [5, 5.41) is 19.4. The lowest BCUT2D eigenvalue weighted by atomic mass is 9.72. The molecule has 4 N–H and O–H groups in total. The number of nitrogens with zero attached hydrogens (tertiary/aromatic N) is 1. The topological polar surface area (TPSA) is 85.8 Å². The van der Waals surface area contributed by atoms with E-state index in [2.05, 4.69) is 22.9 Å². The van der Waals surface area contributed by atoms with Crippen LogP contribution >= 0.6 is 24.0 Å². The number of hydrogen-bond acceptors (Lipinski definition) is 3. The Balaban J connectivity index is 0.00000341. The van der Waals surface area contributed by atoms with Gasteiger partial charge in [0.25, 0.3) is 0 Å². The van der Waals surface area contributed by atoms with Crippen molar-refractivity contribution in [1.29, 1.82) is 0 Å². The van der Waals surface area contributed by atoms with Gasteiger partial charge in [0.05, 0.1) is 6.54 Å². The molecule has 6 nitrogen and oxygen atoms in total. The molecular weight excluding hydrogens is 503 g/mol. The summed E-state index contributed by atoms with van der Waals surface area (Å²) >= 11 is 0. The second-order valence-corrected chi connectivity index (χ2v) is 8.90. The van der Waals surface area contributed by atoms with Crippen LogP contribution in [0.1, 0.15) is 70.3 Å². The van der Waals surface area contributed by atoms with E-state index in [0.717, 1.165) is 56.0 Å². The molecule has 3 rings (SSSR count). The summed E-state index contributed by atoms with van der Waals surface area (Å²) in [7, 11) is 0. The van der Waals surface area contributed by atoms with Gasteiger partial charge in [-0.2, -0.15) is 0 Å². The molecule has 2 aliphatic rings. The first kappa shape index (κ1) is 25.9. The highest BCUT2D eigenvalue weighted by atomic mass is 127. The Hall–Kier alpha value is -1.35. The zero-order valence-electron chi connectivity index (χ0n) is 18.8. The molecule has 0 spiro atoms. The Kier molecular flexibility index (Phi) is 11.1. The van der Waals surface area contributed by atoms with E-state index in [9.17, 15) is 9.90 Å². The Morgan fingerprint density at radius 2 is 1.94 bits per heavy atom. The number of carbonyl (C=O) groups excluding carboxylic acids is 1. The zero-order chi connectivity index (χ0) is 21.2. The fraction of sp³-hybridized carbons (Fsp3) is 0.667. The molecule has 1 aromatic rings. The van der Waals surface area contributed by atoms with Gasteiger partial charge in [-0.1, -0.05) is 37.8 Å². The number of benzene rings is 1. The van der Waals surface area contributed by atoms with E-state index < -0.39 is 0 Å². The van der Waals surface area contributed by atoms with Gasteiger partial charge < -0.3 is 21.1 Å². The lowest BCUT2D eigenvalue weighted by Crippen LogP contribution is -2.44. The van der Waals surface area contributed by atoms with Crippen molar-refractivity contribution in [2.45, 2.75) is 71.3 Å². The maximum atomic E-state index is 12.2. The summed E-state index contributed by atoms with van der Waals surface area (Å²) in [5.74, 6) is 1.13. The first-order valence-electron chi connectivity index (χ1n) is 11.7. The smallest absolute Gasteiger partial charge is 0.227 e. The van der Waals surface area contributed by atoms with Crippen LogP contribution in [-0.2, 0) is 11.3 Å². The highest BCUT2D eigenvalue weighted by molar-refractivity contribution is 14.0. The van der Waals surface area contributed by atoms with Crippen LogP contribution in [-0.4, -0.2) is 36.7 Å². The Morgan fingerprint density at radius 1 is 1.16 bits per heavy atom. The second kappa shape index (κ2) is 13.3. The van der Waals surface area contributed by atoms with Gasteiger partial charge in [-0.3, -0.25) is 4.79 Å². The van der Waals surface area contributed by atoms with Gasteiger partial charge in [-0.25, -0.2) is 4.99 Å². The number of amides is 1. The van der Waals surface area contributed by atoms with Gasteiger partial charge in [0.2, 0.25) is 5.91 Å². The van der Waals surface area contributed by atoms with Crippen molar-refractivity contribution in [3.05, 3.63) is 29.8 Å². The van der Waals surface area contributed by atoms with Crippen LogP contribution < -0.4 is 16.0 Å². The maximum Gasteiger partial charge on any atom is 0.227 e. The summed E-state index contributed by atoms with van der Waals surface area (Å²) in [6.07, 6.45) is 10.1. The normalized spacial score (nSPS) is 18.5. The van der Waals surface area contributed by atoms with Gasteiger partial charge in [0.1, 0.15) is 0 Å². The van der Waals surface area contributed by atoms with Crippen molar-refractivity contribution >= 4 is 41.5 Å². The average Bonchev–Trinajstić information content (AvgIpc) is 2.70. The number of rotatable bonds is 9. The van der Waals surface area contributed by atoms with E-state index in [1.165, 1.54) is 32.1 Å². The molecule has 0 saturated heterocycles. The van der Waals surface area contributed by atoms with E-state index in [1.54, 1.807) is 0 Å². The Morgan fingerprint density at radius 3 is 2.58 bits per heavy atom. The molecule has 1 aromatic carbocycles. The van der Waals surface area contributed by atoms with Gasteiger partial charge in [0.15, 0.2) is 5.96 Å². The minimum atomic E-state index is 0. The highest BCUT2D eigenvalue weighted by Gasteiger charge is 2.31. The largest absolute Gasteiger partial charge is 0.396 e. The van der Waals surface area contributed by atoms with Crippen LogP contribution in [0.15, 0.2) is 29.3 Å². The number of hydrogen-bond donors (Lipinski definition) is 4. The van der Waals surface area contributed by atoms with Crippen LogP contribution in [0.3, 0.4) is 0 Å². The molecule has 2 aliphatic carbocycles. The summed E-state index contributed by atoms with van der Waals surface area (Å²) in [4.78, 5) is 17.0. The molecule has 0 atom stereocenters. The molecule has 0 unspecified atom stereocenters. The van der Waals surface area contributed by atoms with E-state index in [4.69, 9.17) is 4.99 Å². The first-order chi connectivity index (χ1) is 14.6. The molecule has 2 fully saturated rings. The van der Waals surface area contributed by atoms with E-state index >= 15 is 0 Å². The van der Waals surface area contributed by atoms with Crippen LogP contribution in [0.5, 0.6) is 0 Å². The number of halogens is 1. The fourth-order valence-corrected chi connectivity index (χ4v) is 4.50. The molecule has 7 heteroatoms. The second-order valence-electron chi connectivity index (χ2n) is 8.90. The number of aliphatic imine (C=N–C) groups is 1. The first-order valence-corrected chi connectivity index (χ1v) is 11.7. The monoisotopic (exact) mass is 542 g/mol. The molecule has 0 radical (unpaired) electrons. The van der Waals surface area contributed by atoms with Crippen molar-refractivity contribution in [3.63, 3.8) is 0 Å². The zero-order valence-corrected chi connectivity index (χ0v) is 21.1.